The van der Waals surface area contributed by atoms with E-state index in [2.05, 4.69) is 15.0 Å². The van der Waals surface area contributed by atoms with Crippen molar-refractivity contribution < 1.29 is 27.1 Å². The molecule has 35 heavy (non-hydrogen) atoms. The number of nitrogens with two attached hydrogens (primary N) is 1. The Hall–Kier alpha value is -3.96. The van der Waals surface area contributed by atoms with Crippen molar-refractivity contribution in [1.82, 2.24) is 24.3 Å². The van der Waals surface area contributed by atoms with Crippen LogP contribution < -0.4 is 10.5 Å². The molecular weight excluding hydrogens is 468 g/mol. The summed E-state index contributed by atoms with van der Waals surface area (Å²) in [6.07, 6.45) is -1.61. The summed E-state index contributed by atoms with van der Waals surface area (Å²) in [6, 6.07) is 2.82. The van der Waals surface area contributed by atoms with Crippen molar-refractivity contribution in [2.45, 2.75) is 38.1 Å². The first kappa shape index (κ1) is 21.6. The molecule has 6 rings (SSSR count). The average Bonchev–Trinajstić information content (AvgIpc) is 3.21. The highest BCUT2D eigenvalue weighted by atomic mass is 19.4. The molecule has 2 bridgehead atoms. The Balaban J connectivity index is 1.42. The Labute approximate surface area is 195 Å². The molecule has 1 amide bonds. The zero-order valence-electron chi connectivity index (χ0n) is 18.3. The van der Waals surface area contributed by atoms with E-state index in [1.807, 2.05) is 0 Å². The molecule has 4 aromatic rings. The van der Waals surface area contributed by atoms with Gasteiger partial charge in [-0.3, -0.25) is 9.20 Å². The van der Waals surface area contributed by atoms with Crippen molar-refractivity contribution in [2.75, 3.05) is 12.3 Å². The number of fused-ring (bicyclic) bond motifs is 7. The Morgan fingerprint density at radius 3 is 2.83 bits per heavy atom. The zero-order valence-corrected chi connectivity index (χ0v) is 18.3. The number of hydrogen-bond donors (Lipinski definition) is 1. The number of aryl methyl sites for hydroxylation is 1. The van der Waals surface area contributed by atoms with Crippen LogP contribution in [0.3, 0.4) is 0 Å². The lowest BCUT2D eigenvalue weighted by atomic mass is 9.88. The van der Waals surface area contributed by atoms with Gasteiger partial charge in [-0.2, -0.15) is 13.2 Å². The van der Waals surface area contributed by atoms with Gasteiger partial charge < -0.3 is 15.4 Å². The molecule has 12 heteroatoms. The second-order valence-electron chi connectivity index (χ2n) is 8.73. The second-order valence-corrected chi connectivity index (χ2v) is 8.73. The second kappa shape index (κ2) is 7.27. The summed E-state index contributed by atoms with van der Waals surface area (Å²) in [7, 11) is 0. The molecule has 180 valence electrons. The molecule has 8 nitrogen and oxygen atoms in total. The third kappa shape index (κ3) is 3.19. The number of pyridine rings is 1. The number of nitrogen functional groups attached to an aromatic ring is 1. The topological polar surface area (TPSA) is 98.6 Å². The summed E-state index contributed by atoms with van der Waals surface area (Å²) in [4.78, 5) is 27.9. The molecular formula is C23H18F4N6O2. The monoisotopic (exact) mass is 486 g/mol. The van der Waals surface area contributed by atoms with Crippen molar-refractivity contribution >= 4 is 28.3 Å². The Morgan fingerprint density at radius 2 is 2.06 bits per heavy atom. The molecule has 0 spiro atoms. The number of halogens is 4. The normalized spacial score (nSPS) is 19.6. The molecule has 0 radical (unpaired) electrons. The molecule has 1 saturated heterocycles. The molecule has 2 aliphatic heterocycles. The molecule has 2 aliphatic rings. The van der Waals surface area contributed by atoms with Crippen LogP contribution in [0.4, 0.5) is 23.4 Å². The summed E-state index contributed by atoms with van der Waals surface area (Å²) in [5.74, 6) is -2.04. The Kier molecular flexibility index (Phi) is 4.48. The highest BCUT2D eigenvalue weighted by molar-refractivity contribution is 5.96. The van der Waals surface area contributed by atoms with Gasteiger partial charge in [0.15, 0.2) is 17.4 Å². The molecule has 1 fully saturated rings. The highest BCUT2D eigenvalue weighted by Crippen LogP contribution is 2.47. The van der Waals surface area contributed by atoms with Crippen LogP contribution in [0.2, 0.25) is 0 Å². The van der Waals surface area contributed by atoms with Crippen molar-refractivity contribution in [3.8, 4) is 5.75 Å². The quantitative estimate of drug-likeness (QED) is 0.408. The molecule has 0 aliphatic carbocycles. The largest absolute Gasteiger partial charge is 0.487 e. The number of hydrogen-bond acceptors (Lipinski definition) is 6. The maximum Gasteiger partial charge on any atom is 0.419 e. The number of aromatic nitrogens is 4. The van der Waals surface area contributed by atoms with E-state index in [0.29, 0.717) is 41.2 Å². The van der Waals surface area contributed by atoms with Crippen LogP contribution in [0.15, 0.2) is 30.7 Å². The van der Waals surface area contributed by atoms with E-state index in [1.54, 1.807) is 23.7 Å². The summed E-state index contributed by atoms with van der Waals surface area (Å²) < 4.78 is 61.7. The minimum absolute atomic E-state index is 0.121. The minimum atomic E-state index is -4.85. The first-order valence-electron chi connectivity index (χ1n) is 10.9. The predicted octanol–water partition coefficient (Wildman–Crippen LogP) is 4.06. The van der Waals surface area contributed by atoms with Crippen LogP contribution >= 0.6 is 0 Å². The molecule has 3 aromatic heterocycles. The maximum atomic E-state index is 14.8. The number of ether oxygens (including phenoxy) is 1. The summed E-state index contributed by atoms with van der Waals surface area (Å²) >= 11 is 0. The van der Waals surface area contributed by atoms with Gasteiger partial charge in [0.25, 0.3) is 5.91 Å². The van der Waals surface area contributed by atoms with Crippen LogP contribution in [0.25, 0.3) is 16.6 Å². The lowest BCUT2D eigenvalue weighted by Crippen LogP contribution is -2.47. The van der Waals surface area contributed by atoms with Gasteiger partial charge in [-0.15, -0.1) is 0 Å². The number of nitrogens with zero attached hydrogens (tertiary/aromatic N) is 5. The number of amides is 1. The van der Waals surface area contributed by atoms with Gasteiger partial charge in [0.05, 0.1) is 29.0 Å². The lowest BCUT2D eigenvalue weighted by Gasteiger charge is -2.44. The van der Waals surface area contributed by atoms with Gasteiger partial charge in [-0.05, 0) is 19.1 Å². The molecule has 5 heterocycles. The van der Waals surface area contributed by atoms with Crippen LogP contribution in [0.1, 0.15) is 46.2 Å². The molecule has 0 saturated carbocycles. The summed E-state index contributed by atoms with van der Waals surface area (Å²) in [6.45, 7) is 2.08. The van der Waals surface area contributed by atoms with E-state index in [4.69, 9.17) is 10.5 Å². The Morgan fingerprint density at radius 1 is 1.26 bits per heavy atom. The maximum absolute atomic E-state index is 14.8. The SMILES string of the molecule is Cc1ncn2c1c(N)nc1cnc(C(=O)N3CC[C@H]4C[C@@H]3c3ccc(C(F)(F)F)c(F)c3O4)cc12. The fraction of sp³-hybridized carbons (Fsp3) is 0.304. The van der Waals surface area contributed by atoms with Crippen molar-refractivity contribution in [1.29, 1.82) is 0 Å². The number of rotatable bonds is 1. The summed E-state index contributed by atoms with van der Waals surface area (Å²) in [5.41, 5.74) is 7.34. The molecule has 2 atom stereocenters. The number of alkyl halides is 3. The van der Waals surface area contributed by atoms with Crippen molar-refractivity contribution in [2.24, 2.45) is 0 Å². The van der Waals surface area contributed by atoms with Crippen LogP contribution in [-0.2, 0) is 6.18 Å². The van der Waals surface area contributed by atoms with E-state index in [1.165, 1.54) is 17.2 Å². The fourth-order valence-corrected chi connectivity index (χ4v) is 5.01. The van der Waals surface area contributed by atoms with Gasteiger partial charge in [-0.25, -0.2) is 19.3 Å². The van der Waals surface area contributed by atoms with Gasteiger partial charge >= 0.3 is 6.18 Å². The minimum Gasteiger partial charge on any atom is -0.487 e. The standard InChI is InChI=1S/C23H18F4N6O2/c1-10-19-21(28)31-15-8-29-14(7-17(15)33(19)9-30-10)22(34)32-5-4-11-6-16(32)12-2-3-13(23(25,26)27)18(24)20(12)35-11/h2-3,7-9,11,16H,4-6H2,1H3,(H2,28,31)/t11-,16+/m0/s1. The van der Waals surface area contributed by atoms with E-state index < -0.39 is 41.4 Å². The number of anilines is 1. The average molecular weight is 486 g/mol. The number of imidazole rings is 1. The molecule has 2 N–H and O–H groups in total. The van der Waals surface area contributed by atoms with Gasteiger partial charge in [0.2, 0.25) is 0 Å². The van der Waals surface area contributed by atoms with E-state index in [0.717, 1.165) is 0 Å². The first-order valence-corrected chi connectivity index (χ1v) is 10.9. The third-order valence-electron chi connectivity index (χ3n) is 6.67. The smallest absolute Gasteiger partial charge is 0.419 e. The molecule has 0 unspecified atom stereocenters. The van der Waals surface area contributed by atoms with Crippen LogP contribution in [-0.4, -0.2) is 42.8 Å². The number of benzene rings is 1. The fourth-order valence-electron chi connectivity index (χ4n) is 5.01. The Bertz CT molecular complexity index is 1530. The number of carbonyl (C=O) groups excluding carboxylic acids is 1. The zero-order chi connectivity index (χ0) is 24.6. The van der Waals surface area contributed by atoms with E-state index in [-0.39, 0.29) is 23.6 Å². The number of piperidine rings is 1. The van der Waals surface area contributed by atoms with Crippen molar-refractivity contribution in [3.63, 3.8) is 0 Å². The predicted molar refractivity (Wildman–Crippen MR) is 116 cm³/mol. The molecule has 1 aromatic carbocycles. The van der Waals surface area contributed by atoms with Crippen LogP contribution in [0, 0.1) is 12.7 Å². The van der Waals surface area contributed by atoms with Gasteiger partial charge in [0.1, 0.15) is 29.2 Å². The van der Waals surface area contributed by atoms with E-state index in [9.17, 15) is 22.4 Å². The van der Waals surface area contributed by atoms with Gasteiger partial charge in [0, 0.05) is 24.9 Å². The highest BCUT2D eigenvalue weighted by Gasteiger charge is 2.43. The lowest BCUT2D eigenvalue weighted by molar-refractivity contribution is -0.140. The summed E-state index contributed by atoms with van der Waals surface area (Å²) in [5, 5.41) is 0. The van der Waals surface area contributed by atoms with Crippen LogP contribution in [0.5, 0.6) is 5.75 Å². The number of likely N-dealkylation sites (tertiary alicyclic amines) is 1. The first-order chi connectivity index (χ1) is 16.6. The third-order valence-corrected chi connectivity index (χ3v) is 6.67. The van der Waals surface area contributed by atoms with Crippen molar-refractivity contribution in [3.05, 3.63) is 59.1 Å². The number of carbonyl (C=O) groups is 1. The van der Waals surface area contributed by atoms with Gasteiger partial charge in [-0.1, -0.05) is 6.07 Å². The van der Waals surface area contributed by atoms with E-state index >= 15 is 0 Å².